The summed E-state index contributed by atoms with van der Waals surface area (Å²) in [6.07, 6.45) is 2.77. The molecular weight excluding hydrogens is 258 g/mol. The van der Waals surface area contributed by atoms with Gasteiger partial charge in [-0.25, -0.2) is 4.98 Å². The van der Waals surface area contributed by atoms with E-state index in [1.54, 1.807) is 6.20 Å². The second-order valence-electron chi connectivity index (χ2n) is 4.59. The van der Waals surface area contributed by atoms with Crippen LogP contribution in [-0.4, -0.2) is 4.98 Å². The Bertz CT molecular complexity index is 542. The second-order valence-corrected chi connectivity index (χ2v) is 4.95. The van der Waals surface area contributed by atoms with Crippen molar-refractivity contribution in [3.63, 3.8) is 0 Å². The van der Waals surface area contributed by atoms with Gasteiger partial charge in [0.2, 0.25) is 0 Å². The highest BCUT2D eigenvalue weighted by Gasteiger charge is 2.10. The van der Waals surface area contributed by atoms with Gasteiger partial charge < -0.3 is 4.74 Å². The number of hydrogen-bond acceptors (Lipinski definition) is 2. The third-order valence-corrected chi connectivity index (χ3v) is 3.62. The number of para-hydroxylation sites is 1. The number of nitrogens with zero attached hydrogens (tertiary/aromatic N) is 1. The van der Waals surface area contributed by atoms with Crippen LogP contribution in [0.25, 0.3) is 0 Å². The van der Waals surface area contributed by atoms with Crippen molar-refractivity contribution in [1.82, 2.24) is 4.98 Å². The number of pyridine rings is 1. The zero-order valence-corrected chi connectivity index (χ0v) is 12.0. The van der Waals surface area contributed by atoms with Crippen molar-refractivity contribution in [1.29, 1.82) is 0 Å². The summed E-state index contributed by atoms with van der Waals surface area (Å²) in [5.41, 5.74) is 2.15. The number of benzene rings is 1. The molecule has 1 aromatic heterocycles. The van der Waals surface area contributed by atoms with E-state index in [9.17, 15) is 0 Å². The van der Waals surface area contributed by atoms with E-state index in [-0.39, 0.29) is 0 Å². The van der Waals surface area contributed by atoms with Crippen LogP contribution >= 0.6 is 11.6 Å². The van der Waals surface area contributed by atoms with Gasteiger partial charge in [0.25, 0.3) is 0 Å². The van der Waals surface area contributed by atoms with Gasteiger partial charge in [0.05, 0.1) is 0 Å². The molecule has 0 aliphatic rings. The molecule has 0 radical (unpaired) electrons. The first-order valence-electron chi connectivity index (χ1n) is 6.53. The Morgan fingerprint density at radius 1 is 1.21 bits per heavy atom. The lowest BCUT2D eigenvalue weighted by molar-refractivity contribution is 0.301. The highest BCUT2D eigenvalue weighted by molar-refractivity contribution is 6.30. The number of rotatable bonds is 5. The van der Waals surface area contributed by atoms with Crippen LogP contribution in [0.5, 0.6) is 5.75 Å². The summed E-state index contributed by atoms with van der Waals surface area (Å²) in [5, 5.41) is 0.503. The van der Waals surface area contributed by atoms with Crippen molar-refractivity contribution in [3.8, 4) is 5.75 Å². The molecule has 2 aromatic rings. The monoisotopic (exact) mass is 275 g/mol. The first kappa shape index (κ1) is 13.9. The van der Waals surface area contributed by atoms with E-state index in [2.05, 4.69) is 24.9 Å². The van der Waals surface area contributed by atoms with Gasteiger partial charge in [-0.05, 0) is 30.0 Å². The molecule has 19 heavy (non-hydrogen) atoms. The van der Waals surface area contributed by atoms with Crippen LogP contribution in [0, 0.1) is 0 Å². The molecule has 0 fully saturated rings. The average molecular weight is 276 g/mol. The zero-order chi connectivity index (χ0) is 13.7. The summed E-state index contributed by atoms with van der Waals surface area (Å²) >= 11 is 6.03. The summed E-state index contributed by atoms with van der Waals surface area (Å²) < 4.78 is 5.90. The highest BCUT2D eigenvalue weighted by atomic mass is 35.5. The van der Waals surface area contributed by atoms with E-state index in [0.717, 1.165) is 17.7 Å². The molecule has 0 saturated heterocycles. The van der Waals surface area contributed by atoms with Gasteiger partial charge >= 0.3 is 0 Å². The lowest BCUT2D eigenvalue weighted by Crippen LogP contribution is -2.01. The third-order valence-electron chi connectivity index (χ3n) is 3.28. The van der Waals surface area contributed by atoms with Crippen LogP contribution in [0.3, 0.4) is 0 Å². The fourth-order valence-electron chi connectivity index (χ4n) is 1.92. The van der Waals surface area contributed by atoms with E-state index < -0.39 is 0 Å². The molecule has 0 bridgehead atoms. The lowest BCUT2D eigenvalue weighted by atomic mass is 9.98. The molecule has 0 aliphatic heterocycles. The molecule has 1 atom stereocenters. The molecule has 0 saturated carbocycles. The van der Waals surface area contributed by atoms with Gasteiger partial charge in [0.1, 0.15) is 17.5 Å². The minimum atomic E-state index is 0.445. The van der Waals surface area contributed by atoms with E-state index >= 15 is 0 Å². The Morgan fingerprint density at radius 3 is 2.74 bits per heavy atom. The summed E-state index contributed by atoms with van der Waals surface area (Å²) in [6, 6.07) is 12.0. The summed E-state index contributed by atoms with van der Waals surface area (Å²) in [6.45, 7) is 4.83. The summed E-state index contributed by atoms with van der Waals surface area (Å²) in [5.74, 6) is 1.41. The molecule has 0 amide bonds. The Morgan fingerprint density at radius 2 is 2.00 bits per heavy atom. The third kappa shape index (κ3) is 3.48. The molecule has 2 nitrogen and oxygen atoms in total. The number of ether oxygens (including phenoxy) is 1. The molecule has 0 aliphatic carbocycles. The van der Waals surface area contributed by atoms with Crippen molar-refractivity contribution < 1.29 is 4.74 Å². The van der Waals surface area contributed by atoms with Crippen LogP contribution in [-0.2, 0) is 6.61 Å². The van der Waals surface area contributed by atoms with Crippen LogP contribution < -0.4 is 4.74 Å². The van der Waals surface area contributed by atoms with Crippen LogP contribution in [0.4, 0.5) is 0 Å². The van der Waals surface area contributed by atoms with E-state index in [4.69, 9.17) is 16.3 Å². The molecule has 2 rings (SSSR count). The Balaban J connectivity index is 2.14. The maximum Gasteiger partial charge on any atom is 0.135 e. The predicted molar refractivity (Wildman–Crippen MR) is 78.7 cm³/mol. The lowest BCUT2D eigenvalue weighted by Gasteiger charge is -2.15. The van der Waals surface area contributed by atoms with Gasteiger partial charge in [0.15, 0.2) is 0 Å². The van der Waals surface area contributed by atoms with Crippen LogP contribution in [0.1, 0.15) is 37.3 Å². The van der Waals surface area contributed by atoms with E-state index in [0.29, 0.717) is 17.7 Å². The minimum Gasteiger partial charge on any atom is -0.488 e. The summed E-state index contributed by atoms with van der Waals surface area (Å²) in [7, 11) is 0. The van der Waals surface area contributed by atoms with Crippen molar-refractivity contribution in [3.05, 3.63) is 58.9 Å². The average Bonchev–Trinajstić information content (AvgIpc) is 2.46. The fraction of sp³-hybridized carbons (Fsp3) is 0.312. The molecule has 1 aromatic carbocycles. The normalized spacial score (nSPS) is 12.2. The smallest absolute Gasteiger partial charge is 0.135 e. The largest absolute Gasteiger partial charge is 0.488 e. The van der Waals surface area contributed by atoms with Gasteiger partial charge in [-0.1, -0.05) is 49.7 Å². The standard InChI is InChI=1S/C16H18ClNO/c1-3-12(2)14-8-4-5-9-15(14)19-11-13-7-6-10-18-16(13)17/h4-10,12H,3,11H2,1-2H3. The SMILES string of the molecule is CCC(C)c1ccccc1OCc1cccnc1Cl. The molecule has 1 heterocycles. The fourth-order valence-corrected chi connectivity index (χ4v) is 2.10. The van der Waals surface area contributed by atoms with E-state index in [1.807, 2.05) is 30.3 Å². The zero-order valence-electron chi connectivity index (χ0n) is 11.3. The maximum atomic E-state index is 6.03. The van der Waals surface area contributed by atoms with Crippen LogP contribution in [0.15, 0.2) is 42.6 Å². The van der Waals surface area contributed by atoms with Crippen molar-refractivity contribution in [2.45, 2.75) is 32.8 Å². The first-order valence-corrected chi connectivity index (χ1v) is 6.91. The maximum absolute atomic E-state index is 6.03. The summed E-state index contributed by atoms with van der Waals surface area (Å²) in [4.78, 5) is 4.05. The second kappa shape index (κ2) is 6.58. The van der Waals surface area contributed by atoms with Crippen molar-refractivity contribution in [2.24, 2.45) is 0 Å². The van der Waals surface area contributed by atoms with Gasteiger partial charge in [0, 0.05) is 11.8 Å². The number of aromatic nitrogens is 1. The molecule has 0 spiro atoms. The molecular formula is C16H18ClNO. The molecule has 100 valence electrons. The van der Waals surface area contributed by atoms with Crippen molar-refractivity contribution in [2.75, 3.05) is 0 Å². The molecule has 1 unspecified atom stereocenters. The Hall–Kier alpha value is -1.54. The first-order chi connectivity index (χ1) is 9.22. The van der Waals surface area contributed by atoms with Gasteiger partial charge in [-0.15, -0.1) is 0 Å². The quantitative estimate of drug-likeness (QED) is 0.729. The Kier molecular flexibility index (Phi) is 4.80. The van der Waals surface area contributed by atoms with Crippen LogP contribution in [0.2, 0.25) is 5.15 Å². The minimum absolute atomic E-state index is 0.445. The molecule has 3 heteroatoms. The Labute approximate surface area is 119 Å². The predicted octanol–water partition coefficient (Wildman–Crippen LogP) is 4.83. The van der Waals surface area contributed by atoms with Crippen molar-refractivity contribution >= 4 is 11.6 Å². The topological polar surface area (TPSA) is 22.1 Å². The molecule has 0 N–H and O–H groups in total. The number of hydrogen-bond donors (Lipinski definition) is 0. The van der Waals surface area contributed by atoms with Gasteiger partial charge in [-0.2, -0.15) is 0 Å². The number of halogens is 1. The highest BCUT2D eigenvalue weighted by Crippen LogP contribution is 2.29. The van der Waals surface area contributed by atoms with Gasteiger partial charge in [-0.3, -0.25) is 0 Å². The van der Waals surface area contributed by atoms with E-state index in [1.165, 1.54) is 5.56 Å².